The van der Waals surface area contributed by atoms with Gasteiger partial charge in [-0.25, -0.2) is 0 Å². The maximum Gasteiger partial charge on any atom is 0.310 e. The summed E-state index contributed by atoms with van der Waals surface area (Å²) in [5, 5.41) is 9.49. The highest BCUT2D eigenvalue weighted by Gasteiger charge is 2.42. The van der Waals surface area contributed by atoms with E-state index in [-0.39, 0.29) is 5.97 Å². The lowest BCUT2D eigenvalue weighted by molar-refractivity contribution is -0.167. The van der Waals surface area contributed by atoms with Crippen LogP contribution in [0.2, 0.25) is 0 Å². The first-order valence-electron chi connectivity index (χ1n) is 7.72. The van der Waals surface area contributed by atoms with Gasteiger partial charge >= 0.3 is 11.9 Å². The van der Waals surface area contributed by atoms with Crippen LogP contribution in [-0.2, 0) is 14.3 Å². The molecule has 0 saturated heterocycles. The summed E-state index contributed by atoms with van der Waals surface area (Å²) < 4.78 is 5.46. The molecule has 2 fully saturated rings. The van der Waals surface area contributed by atoms with Crippen molar-refractivity contribution in [1.82, 2.24) is 0 Å². The second-order valence-corrected chi connectivity index (χ2v) is 7.44. The van der Waals surface area contributed by atoms with Crippen LogP contribution < -0.4 is 0 Å². The molecule has 2 aliphatic rings. The zero-order valence-corrected chi connectivity index (χ0v) is 12.7. The van der Waals surface area contributed by atoms with Crippen LogP contribution in [0.15, 0.2) is 0 Å². The third-order valence-corrected chi connectivity index (χ3v) is 4.08. The molecule has 0 amide bonds. The molecule has 0 radical (unpaired) electrons. The molecule has 114 valence electrons. The fraction of sp³-hybridized carbons (Fsp3) is 0.875. The minimum absolute atomic E-state index is 0.322. The van der Waals surface area contributed by atoms with Crippen molar-refractivity contribution in [3.05, 3.63) is 0 Å². The molecule has 2 rings (SSSR count). The van der Waals surface area contributed by atoms with Crippen molar-refractivity contribution in [3.8, 4) is 0 Å². The maximum atomic E-state index is 12.4. The molecular formula is C16H26O4. The van der Waals surface area contributed by atoms with Crippen molar-refractivity contribution >= 4 is 11.9 Å². The first-order chi connectivity index (χ1) is 9.26. The van der Waals surface area contributed by atoms with E-state index in [9.17, 15) is 14.7 Å². The van der Waals surface area contributed by atoms with Gasteiger partial charge in [-0.1, -0.05) is 25.7 Å². The Morgan fingerprint density at radius 1 is 1.05 bits per heavy atom. The summed E-state index contributed by atoms with van der Waals surface area (Å²) in [4.78, 5) is 24.0. The van der Waals surface area contributed by atoms with E-state index in [0.29, 0.717) is 24.7 Å². The average molecular weight is 282 g/mol. The molecule has 0 aromatic carbocycles. The second kappa shape index (κ2) is 5.74. The minimum atomic E-state index is -0.839. The topological polar surface area (TPSA) is 63.6 Å². The molecule has 2 aliphatic carbocycles. The molecule has 0 aromatic heterocycles. The van der Waals surface area contributed by atoms with Gasteiger partial charge in [-0.05, 0) is 45.4 Å². The number of ether oxygens (including phenoxy) is 1. The van der Waals surface area contributed by atoms with Gasteiger partial charge in [-0.3, -0.25) is 9.59 Å². The average Bonchev–Trinajstić information content (AvgIpc) is 3.15. The molecule has 4 nitrogen and oxygen atoms in total. The van der Waals surface area contributed by atoms with Crippen LogP contribution in [0.25, 0.3) is 0 Å². The number of carbonyl (C=O) groups is 2. The summed E-state index contributed by atoms with van der Waals surface area (Å²) in [5.41, 5.74) is -0.554. The maximum absolute atomic E-state index is 12.4. The summed E-state index contributed by atoms with van der Waals surface area (Å²) >= 11 is 0. The van der Waals surface area contributed by atoms with Gasteiger partial charge in [-0.2, -0.15) is 0 Å². The number of aliphatic carboxylic acids is 1. The Morgan fingerprint density at radius 3 is 1.85 bits per heavy atom. The van der Waals surface area contributed by atoms with Gasteiger partial charge in [0.2, 0.25) is 0 Å². The monoisotopic (exact) mass is 282 g/mol. The van der Waals surface area contributed by atoms with Gasteiger partial charge < -0.3 is 9.84 Å². The third kappa shape index (κ3) is 4.80. The zero-order chi connectivity index (χ0) is 14.9. The van der Waals surface area contributed by atoms with Crippen LogP contribution in [0.3, 0.4) is 0 Å². The van der Waals surface area contributed by atoms with E-state index in [1.807, 2.05) is 20.8 Å². The molecule has 20 heavy (non-hydrogen) atoms. The van der Waals surface area contributed by atoms with E-state index in [0.717, 1.165) is 25.7 Å². The molecular weight excluding hydrogens is 256 g/mol. The number of esters is 1. The predicted molar refractivity (Wildman–Crippen MR) is 75.1 cm³/mol. The minimum Gasteiger partial charge on any atom is -0.481 e. The highest BCUT2D eigenvalue weighted by Crippen LogP contribution is 2.43. The van der Waals surface area contributed by atoms with Crippen molar-refractivity contribution in [1.29, 1.82) is 0 Å². The number of hydrogen-bond donors (Lipinski definition) is 1. The van der Waals surface area contributed by atoms with Crippen molar-refractivity contribution in [2.75, 3.05) is 0 Å². The molecule has 0 heterocycles. The number of carboxylic acids is 1. The van der Waals surface area contributed by atoms with Crippen LogP contribution in [0.4, 0.5) is 0 Å². The molecule has 2 atom stereocenters. The van der Waals surface area contributed by atoms with Crippen molar-refractivity contribution in [3.63, 3.8) is 0 Å². The summed E-state index contributed by atoms with van der Waals surface area (Å²) in [6, 6.07) is 0. The SMILES string of the molecule is CC(C)(C)OC(=O)[C@@H](CC1CC1)[C@@H](CC1CC1)C(=O)O. The van der Waals surface area contributed by atoms with Crippen molar-refractivity contribution in [2.45, 2.75) is 64.9 Å². The van der Waals surface area contributed by atoms with Gasteiger partial charge in [0.25, 0.3) is 0 Å². The Bertz CT molecular complexity index is 374. The van der Waals surface area contributed by atoms with E-state index in [1.54, 1.807) is 0 Å². The molecule has 0 unspecified atom stereocenters. The number of carbonyl (C=O) groups excluding carboxylic acids is 1. The van der Waals surface area contributed by atoms with Gasteiger partial charge in [0, 0.05) is 0 Å². The smallest absolute Gasteiger partial charge is 0.310 e. The molecule has 2 saturated carbocycles. The van der Waals surface area contributed by atoms with E-state index in [1.165, 1.54) is 0 Å². The normalized spacial score (nSPS) is 22.1. The Kier molecular flexibility index (Phi) is 4.40. The first-order valence-corrected chi connectivity index (χ1v) is 7.72. The van der Waals surface area contributed by atoms with Gasteiger partial charge in [0.05, 0.1) is 11.8 Å². The quantitative estimate of drug-likeness (QED) is 0.728. The highest BCUT2D eigenvalue weighted by molar-refractivity contribution is 5.81. The lowest BCUT2D eigenvalue weighted by Gasteiger charge is -2.27. The van der Waals surface area contributed by atoms with Crippen LogP contribution >= 0.6 is 0 Å². The van der Waals surface area contributed by atoms with E-state index in [2.05, 4.69) is 0 Å². The van der Waals surface area contributed by atoms with Crippen molar-refractivity contribution in [2.24, 2.45) is 23.7 Å². The summed E-state index contributed by atoms with van der Waals surface area (Å²) in [7, 11) is 0. The molecule has 4 heteroatoms. The van der Waals surface area contributed by atoms with Gasteiger partial charge in [0.15, 0.2) is 0 Å². The van der Waals surface area contributed by atoms with Crippen LogP contribution in [0.5, 0.6) is 0 Å². The molecule has 0 aromatic rings. The fourth-order valence-corrected chi connectivity index (χ4v) is 2.66. The Labute approximate surface area is 120 Å². The van der Waals surface area contributed by atoms with Crippen LogP contribution in [0.1, 0.15) is 59.3 Å². The third-order valence-electron chi connectivity index (χ3n) is 4.08. The highest BCUT2D eigenvalue weighted by atomic mass is 16.6. The summed E-state index contributed by atoms with van der Waals surface area (Å²) in [6.07, 6.45) is 5.76. The van der Waals surface area contributed by atoms with Crippen molar-refractivity contribution < 1.29 is 19.4 Å². The lowest BCUT2D eigenvalue weighted by atomic mass is 9.84. The van der Waals surface area contributed by atoms with Crippen LogP contribution in [0, 0.1) is 23.7 Å². The Morgan fingerprint density at radius 2 is 1.50 bits per heavy atom. The number of hydrogen-bond acceptors (Lipinski definition) is 3. The van der Waals surface area contributed by atoms with Gasteiger partial charge in [-0.15, -0.1) is 0 Å². The zero-order valence-electron chi connectivity index (χ0n) is 12.7. The standard InChI is InChI=1S/C16H26O4/c1-16(2,3)20-15(19)13(9-11-6-7-11)12(14(17)18)8-10-4-5-10/h10-13H,4-9H2,1-3H3,(H,17,18)/t12-,13+/m1/s1. The van der Waals surface area contributed by atoms with E-state index in [4.69, 9.17) is 4.74 Å². The predicted octanol–water partition coefficient (Wildman–Crippen LogP) is 3.25. The summed E-state index contributed by atoms with van der Waals surface area (Å²) in [5.74, 6) is -1.18. The molecule has 0 bridgehead atoms. The van der Waals surface area contributed by atoms with E-state index >= 15 is 0 Å². The lowest BCUT2D eigenvalue weighted by Crippen LogP contribution is -2.36. The first kappa shape index (κ1) is 15.3. The van der Waals surface area contributed by atoms with E-state index < -0.39 is 23.4 Å². The summed E-state index contributed by atoms with van der Waals surface area (Å²) in [6.45, 7) is 5.49. The molecule has 0 aliphatic heterocycles. The fourth-order valence-electron chi connectivity index (χ4n) is 2.66. The van der Waals surface area contributed by atoms with Gasteiger partial charge in [0.1, 0.15) is 5.60 Å². The molecule has 0 spiro atoms. The Hall–Kier alpha value is -1.06. The Balaban J connectivity index is 2.06. The number of rotatable bonds is 7. The second-order valence-electron chi connectivity index (χ2n) is 7.44. The number of carboxylic acid groups (broad SMARTS) is 1. The molecule has 1 N–H and O–H groups in total. The van der Waals surface area contributed by atoms with Crippen LogP contribution in [-0.4, -0.2) is 22.6 Å². The largest absolute Gasteiger partial charge is 0.481 e.